The molecule has 3 rings (SSSR count). The molecule has 0 bridgehead atoms. The summed E-state index contributed by atoms with van der Waals surface area (Å²) in [5.74, 6) is 0.542. The molecule has 2 aliphatic heterocycles. The highest BCUT2D eigenvalue weighted by molar-refractivity contribution is 6.31. The van der Waals surface area contributed by atoms with E-state index < -0.39 is 0 Å². The Balaban J connectivity index is 1.64. The van der Waals surface area contributed by atoms with Crippen LogP contribution in [0.5, 0.6) is 5.75 Å². The molecule has 2 heterocycles. The van der Waals surface area contributed by atoms with Crippen LogP contribution in [-0.4, -0.2) is 42.5 Å². The number of carbonyl (C=O) groups is 2. The number of benzene rings is 1. The number of carbonyl (C=O) groups excluding carboxylic acids is 2. The first-order chi connectivity index (χ1) is 10.6. The largest absolute Gasteiger partial charge is 0.483 e. The molecule has 0 radical (unpaired) electrons. The molecule has 1 aromatic rings. The third-order valence-electron chi connectivity index (χ3n) is 4.49. The van der Waals surface area contributed by atoms with E-state index in [1.807, 2.05) is 6.92 Å². The minimum absolute atomic E-state index is 0.0292. The summed E-state index contributed by atoms with van der Waals surface area (Å²) in [6.45, 7) is 3.06. The Morgan fingerprint density at radius 1 is 1.50 bits per heavy atom. The molecule has 118 valence electrons. The number of fused-ring (bicyclic) bond motifs is 1. The summed E-state index contributed by atoms with van der Waals surface area (Å²) in [6.07, 6.45) is 1.71. The monoisotopic (exact) mass is 322 g/mol. The predicted octanol–water partition coefficient (Wildman–Crippen LogP) is 1.76. The minimum Gasteiger partial charge on any atom is -0.483 e. The molecule has 1 aromatic carbocycles. The van der Waals surface area contributed by atoms with E-state index >= 15 is 0 Å². The lowest BCUT2D eigenvalue weighted by Crippen LogP contribution is -2.50. The molecule has 2 aliphatic rings. The summed E-state index contributed by atoms with van der Waals surface area (Å²) in [5, 5.41) is 3.46. The van der Waals surface area contributed by atoms with Crippen LogP contribution in [0.15, 0.2) is 18.2 Å². The van der Waals surface area contributed by atoms with Gasteiger partial charge in [0, 0.05) is 23.7 Å². The van der Waals surface area contributed by atoms with Gasteiger partial charge in [0.15, 0.2) is 6.61 Å². The quantitative estimate of drug-likeness (QED) is 0.922. The molecule has 2 amide bonds. The van der Waals surface area contributed by atoms with Crippen LogP contribution in [-0.2, 0) is 9.59 Å². The molecular weight excluding hydrogens is 304 g/mol. The lowest BCUT2D eigenvalue weighted by atomic mass is 9.91. The Morgan fingerprint density at radius 3 is 3.14 bits per heavy atom. The standard InChI is InChI=1S/C16H19ClN2O3/c1-10-12(17)5-2-6-14(10)22-9-15(20)19-7-3-4-11-13(19)8-18-16(11)21/h2,5-6,11,13H,3-4,7-9H2,1H3,(H,18,21)/t11-,13-/m1/s1. The summed E-state index contributed by atoms with van der Waals surface area (Å²) in [5.41, 5.74) is 0.825. The molecule has 2 saturated heterocycles. The Labute approximate surface area is 134 Å². The number of hydrogen-bond donors (Lipinski definition) is 1. The van der Waals surface area contributed by atoms with Crippen molar-refractivity contribution < 1.29 is 14.3 Å². The van der Waals surface area contributed by atoms with Crippen LogP contribution in [0.4, 0.5) is 0 Å². The fourth-order valence-corrected chi connectivity index (χ4v) is 3.39. The van der Waals surface area contributed by atoms with E-state index in [9.17, 15) is 9.59 Å². The van der Waals surface area contributed by atoms with Crippen molar-refractivity contribution in [2.24, 2.45) is 5.92 Å². The Bertz CT molecular complexity index is 605. The zero-order valence-electron chi connectivity index (χ0n) is 12.5. The molecule has 22 heavy (non-hydrogen) atoms. The lowest BCUT2D eigenvalue weighted by molar-refractivity contribution is -0.138. The van der Waals surface area contributed by atoms with E-state index in [4.69, 9.17) is 16.3 Å². The van der Waals surface area contributed by atoms with Crippen LogP contribution < -0.4 is 10.1 Å². The Morgan fingerprint density at radius 2 is 2.32 bits per heavy atom. The summed E-state index contributed by atoms with van der Waals surface area (Å²) < 4.78 is 5.63. The van der Waals surface area contributed by atoms with Gasteiger partial charge in [-0.25, -0.2) is 0 Å². The van der Waals surface area contributed by atoms with Crippen molar-refractivity contribution in [2.75, 3.05) is 19.7 Å². The van der Waals surface area contributed by atoms with Gasteiger partial charge in [-0.05, 0) is 31.9 Å². The van der Waals surface area contributed by atoms with Crippen molar-refractivity contribution in [3.63, 3.8) is 0 Å². The second-order valence-corrected chi connectivity index (χ2v) is 6.21. The normalized spacial score (nSPS) is 23.9. The van der Waals surface area contributed by atoms with Crippen molar-refractivity contribution in [3.8, 4) is 5.75 Å². The summed E-state index contributed by atoms with van der Waals surface area (Å²) in [6, 6.07) is 5.36. The fourth-order valence-electron chi connectivity index (χ4n) is 3.23. The average Bonchev–Trinajstić information content (AvgIpc) is 2.90. The fraction of sp³-hybridized carbons (Fsp3) is 0.500. The van der Waals surface area contributed by atoms with Gasteiger partial charge in [0.05, 0.1) is 12.0 Å². The van der Waals surface area contributed by atoms with Crippen LogP contribution in [0.3, 0.4) is 0 Å². The maximum absolute atomic E-state index is 12.4. The van der Waals surface area contributed by atoms with Gasteiger partial charge in [-0.3, -0.25) is 9.59 Å². The average molecular weight is 323 g/mol. The van der Waals surface area contributed by atoms with Gasteiger partial charge < -0.3 is 15.0 Å². The number of halogens is 1. The third kappa shape index (κ3) is 2.77. The summed E-state index contributed by atoms with van der Waals surface area (Å²) in [4.78, 5) is 26.0. The molecule has 2 fully saturated rings. The van der Waals surface area contributed by atoms with Crippen LogP contribution in [0.2, 0.25) is 5.02 Å². The number of piperidine rings is 1. The van der Waals surface area contributed by atoms with E-state index in [1.54, 1.807) is 23.1 Å². The lowest BCUT2D eigenvalue weighted by Gasteiger charge is -2.35. The maximum atomic E-state index is 12.4. The molecule has 1 N–H and O–H groups in total. The van der Waals surface area contributed by atoms with Crippen LogP contribution >= 0.6 is 11.6 Å². The topological polar surface area (TPSA) is 58.6 Å². The third-order valence-corrected chi connectivity index (χ3v) is 4.90. The predicted molar refractivity (Wildman–Crippen MR) is 82.9 cm³/mol. The highest BCUT2D eigenvalue weighted by atomic mass is 35.5. The van der Waals surface area contributed by atoms with Crippen molar-refractivity contribution in [3.05, 3.63) is 28.8 Å². The Hall–Kier alpha value is -1.75. The number of ether oxygens (including phenoxy) is 1. The van der Waals surface area contributed by atoms with Crippen LogP contribution in [0.1, 0.15) is 18.4 Å². The molecule has 0 spiro atoms. The van der Waals surface area contributed by atoms with E-state index in [2.05, 4.69) is 5.32 Å². The second kappa shape index (κ2) is 6.16. The molecule has 6 heteroatoms. The van der Waals surface area contributed by atoms with Crippen molar-refractivity contribution in [2.45, 2.75) is 25.8 Å². The van der Waals surface area contributed by atoms with E-state index in [0.29, 0.717) is 23.9 Å². The van der Waals surface area contributed by atoms with Gasteiger partial charge >= 0.3 is 0 Å². The van der Waals surface area contributed by atoms with Gasteiger partial charge in [0.25, 0.3) is 5.91 Å². The van der Waals surface area contributed by atoms with Crippen molar-refractivity contribution >= 4 is 23.4 Å². The molecule has 2 atom stereocenters. The molecule has 0 saturated carbocycles. The second-order valence-electron chi connectivity index (χ2n) is 5.80. The zero-order valence-corrected chi connectivity index (χ0v) is 13.2. The first-order valence-electron chi connectivity index (χ1n) is 7.53. The van der Waals surface area contributed by atoms with Gasteiger partial charge in [-0.2, -0.15) is 0 Å². The number of likely N-dealkylation sites (tertiary alicyclic amines) is 1. The molecule has 0 aromatic heterocycles. The van der Waals surface area contributed by atoms with Crippen molar-refractivity contribution in [1.82, 2.24) is 10.2 Å². The SMILES string of the molecule is Cc1c(Cl)cccc1OCC(=O)N1CCC[C@H]2C(=O)NC[C@H]21. The first kappa shape index (κ1) is 15.2. The highest BCUT2D eigenvalue weighted by Gasteiger charge is 2.42. The molecular formula is C16H19ClN2O3. The van der Waals surface area contributed by atoms with Crippen LogP contribution in [0, 0.1) is 12.8 Å². The van der Waals surface area contributed by atoms with E-state index in [-0.39, 0.29) is 30.4 Å². The van der Waals surface area contributed by atoms with Gasteiger partial charge in [-0.15, -0.1) is 0 Å². The number of nitrogens with one attached hydrogen (secondary N) is 1. The Kier molecular flexibility index (Phi) is 4.25. The number of nitrogens with zero attached hydrogens (tertiary/aromatic N) is 1. The van der Waals surface area contributed by atoms with Crippen molar-refractivity contribution in [1.29, 1.82) is 0 Å². The minimum atomic E-state index is -0.0782. The van der Waals surface area contributed by atoms with Gasteiger partial charge in [0.2, 0.25) is 5.91 Å². The molecule has 0 unspecified atom stereocenters. The number of rotatable bonds is 3. The van der Waals surface area contributed by atoms with E-state index in [0.717, 1.165) is 18.4 Å². The summed E-state index contributed by atoms with van der Waals surface area (Å²) in [7, 11) is 0. The molecule has 5 nitrogen and oxygen atoms in total. The number of amides is 2. The molecule has 0 aliphatic carbocycles. The van der Waals surface area contributed by atoms with E-state index in [1.165, 1.54) is 0 Å². The number of hydrogen-bond acceptors (Lipinski definition) is 3. The highest BCUT2D eigenvalue weighted by Crippen LogP contribution is 2.28. The summed E-state index contributed by atoms with van der Waals surface area (Å²) >= 11 is 6.05. The smallest absolute Gasteiger partial charge is 0.260 e. The van der Waals surface area contributed by atoms with Gasteiger partial charge in [0.1, 0.15) is 5.75 Å². The first-order valence-corrected chi connectivity index (χ1v) is 7.91. The van der Waals surface area contributed by atoms with Crippen LogP contribution in [0.25, 0.3) is 0 Å². The van der Waals surface area contributed by atoms with Gasteiger partial charge in [-0.1, -0.05) is 17.7 Å². The maximum Gasteiger partial charge on any atom is 0.260 e. The zero-order chi connectivity index (χ0) is 15.7.